The molecule has 0 amide bonds. The second kappa shape index (κ2) is 7.88. The molecule has 0 spiro atoms. The Kier molecular flexibility index (Phi) is 5.83. The van der Waals surface area contributed by atoms with E-state index in [1.54, 1.807) is 0 Å². The average Bonchev–Trinajstić information content (AvgIpc) is 3.37. The number of hydrogen-bond acceptors (Lipinski definition) is 5. The van der Waals surface area contributed by atoms with Crippen molar-refractivity contribution in [3.8, 4) is 0 Å². The van der Waals surface area contributed by atoms with Crippen LogP contribution in [0.5, 0.6) is 0 Å². The minimum atomic E-state index is 0.265. The van der Waals surface area contributed by atoms with E-state index in [1.807, 2.05) is 25.2 Å². The Morgan fingerprint density at radius 2 is 2.29 bits per heavy atom. The van der Waals surface area contributed by atoms with Gasteiger partial charge in [-0.15, -0.1) is 0 Å². The molecule has 3 rings (SSSR count). The van der Waals surface area contributed by atoms with Crippen molar-refractivity contribution in [1.29, 1.82) is 0 Å². The van der Waals surface area contributed by atoms with Crippen LogP contribution in [-0.4, -0.2) is 32.5 Å². The van der Waals surface area contributed by atoms with Crippen LogP contribution < -0.4 is 32.3 Å². The predicted molar refractivity (Wildman–Crippen MR) is 99.4 cm³/mol. The summed E-state index contributed by atoms with van der Waals surface area (Å²) in [5.74, 6) is 1.89. The Balaban J connectivity index is 1.97. The second-order valence-corrected chi connectivity index (χ2v) is 9.57. The van der Waals surface area contributed by atoms with Crippen LogP contribution in [0.4, 0.5) is 5.82 Å². The molecule has 0 saturated carbocycles. The number of thiol groups is 1. The van der Waals surface area contributed by atoms with Crippen LogP contribution in [0.25, 0.3) is 11.0 Å². The molecule has 7 heteroatoms. The topological polar surface area (TPSA) is 79.6 Å². The molecule has 24 heavy (non-hydrogen) atoms. The monoisotopic (exact) mass is 456 g/mol. The van der Waals surface area contributed by atoms with E-state index in [-0.39, 0.29) is 21.2 Å². The van der Waals surface area contributed by atoms with Gasteiger partial charge in [0.1, 0.15) is 0 Å². The van der Waals surface area contributed by atoms with Gasteiger partial charge >= 0.3 is 159 Å². The van der Waals surface area contributed by atoms with E-state index in [0.717, 1.165) is 39.7 Å². The zero-order valence-corrected chi connectivity index (χ0v) is 17.0. The number of nitrogens with one attached hydrogen (secondary N) is 2. The van der Waals surface area contributed by atoms with Gasteiger partial charge in [-0.3, -0.25) is 0 Å². The Bertz CT molecular complexity index is 792. The van der Waals surface area contributed by atoms with Crippen LogP contribution in [0.15, 0.2) is 23.1 Å². The first-order valence-corrected chi connectivity index (χ1v) is 11.3. The summed E-state index contributed by atoms with van der Waals surface area (Å²) < 4.78 is 1.91. The summed E-state index contributed by atoms with van der Waals surface area (Å²) in [6.07, 6.45) is 6.79. The normalized spacial score (nSPS) is 18.2. The fourth-order valence-electron chi connectivity index (χ4n) is 2.60. The molecular weight excluding hydrogens is 433 g/mol. The van der Waals surface area contributed by atoms with Gasteiger partial charge in [-0.2, -0.15) is 0 Å². The van der Waals surface area contributed by atoms with Crippen LogP contribution in [-0.2, 0) is 6.42 Å². The number of aromatic amines is 1. The summed E-state index contributed by atoms with van der Waals surface area (Å²) >= 11 is 4.78. The number of anilines is 1. The molecule has 0 aliphatic carbocycles. The number of nitrogens with zero attached hydrogens (tertiary/aromatic N) is 2. The third kappa shape index (κ3) is 3.94. The number of aromatic nitrogens is 3. The quantitative estimate of drug-likeness (QED) is 0.200. The second-order valence-electron chi connectivity index (χ2n) is 5.73. The molecule has 0 bridgehead atoms. The Labute approximate surface area is 158 Å². The molecule has 130 valence electrons. The maximum atomic E-state index is 5.73. The van der Waals surface area contributed by atoms with Crippen molar-refractivity contribution in [1.82, 2.24) is 15.0 Å². The van der Waals surface area contributed by atoms with Crippen molar-refractivity contribution in [3.63, 3.8) is 0 Å². The summed E-state index contributed by atoms with van der Waals surface area (Å²) in [7, 11) is 0. The Morgan fingerprint density at radius 1 is 1.50 bits per heavy atom. The number of rotatable bonds is 7. The van der Waals surface area contributed by atoms with Gasteiger partial charge < -0.3 is 0 Å². The van der Waals surface area contributed by atoms with Crippen molar-refractivity contribution in [2.24, 2.45) is 5.73 Å². The molecule has 4 N–H and O–H groups in total. The summed E-state index contributed by atoms with van der Waals surface area (Å²) in [6.45, 7) is 5.37. The molecule has 1 saturated heterocycles. The zero-order chi connectivity index (χ0) is 17.1. The van der Waals surface area contributed by atoms with E-state index in [1.165, 1.54) is 9.99 Å². The van der Waals surface area contributed by atoms with Gasteiger partial charge in [0.2, 0.25) is 0 Å². The Morgan fingerprint density at radius 3 is 2.96 bits per heavy atom. The van der Waals surface area contributed by atoms with Crippen molar-refractivity contribution < 1.29 is 21.2 Å². The fraction of sp³-hybridized carbons (Fsp3) is 0.412. The van der Waals surface area contributed by atoms with Gasteiger partial charge in [0, 0.05) is 0 Å². The van der Waals surface area contributed by atoms with E-state index < -0.39 is 0 Å². The van der Waals surface area contributed by atoms with Crippen LogP contribution >= 0.6 is 12.6 Å². The molecule has 2 aromatic rings. The SMILES string of the molecule is C/C=C\C=C(/S)CNc1nc(C2C[I-]2)nc2[nH]c(CCN)c(C)c12. The molecule has 1 aliphatic rings. The van der Waals surface area contributed by atoms with E-state index in [4.69, 9.17) is 15.7 Å². The van der Waals surface area contributed by atoms with Gasteiger partial charge in [0.25, 0.3) is 0 Å². The minimum absolute atomic E-state index is 0.265. The van der Waals surface area contributed by atoms with Crippen molar-refractivity contribution in [2.75, 3.05) is 22.8 Å². The number of alkyl halides is 2. The van der Waals surface area contributed by atoms with Crippen molar-refractivity contribution in [3.05, 3.63) is 40.2 Å². The molecule has 0 radical (unpaired) electrons. The standard InChI is InChI=1S/C17H23IN5S/c1-3-4-5-11(24)9-20-16-14-10(2)13(6-7-19)21-17(14)23-15(22-16)12-8-18-12/h3-5,12,24H,6-9,19H2,1-2H3,(H2,20,21,22,23)/q-1/b4-3-,11-5-. The summed E-state index contributed by atoms with van der Waals surface area (Å²) in [5, 5.41) is 4.52. The molecule has 1 unspecified atom stereocenters. The van der Waals surface area contributed by atoms with Gasteiger partial charge in [-0.25, -0.2) is 0 Å². The van der Waals surface area contributed by atoms with Crippen LogP contribution in [0.2, 0.25) is 0 Å². The van der Waals surface area contributed by atoms with Crippen LogP contribution in [0.3, 0.4) is 0 Å². The predicted octanol–water partition coefficient (Wildman–Crippen LogP) is -0.287. The number of allylic oxidation sites excluding steroid dienone is 3. The number of halogens is 1. The van der Waals surface area contributed by atoms with Crippen molar-refractivity contribution >= 4 is 29.5 Å². The molecular formula is C17H23IN5S-. The number of hydrogen-bond donors (Lipinski definition) is 4. The number of nitrogens with two attached hydrogens (primary N) is 1. The zero-order valence-electron chi connectivity index (χ0n) is 13.9. The average molecular weight is 456 g/mol. The molecule has 2 aromatic heterocycles. The van der Waals surface area contributed by atoms with Gasteiger partial charge in [0.15, 0.2) is 0 Å². The van der Waals surface area contributed by atoms with Crippen LogP contribution in [0.1, 0.15) is 27.9 Å². The van der Waals surface area contributed by atoms with E-state index in [2.05, 4.69) is 29.9 Å². The molecule has 0 aromatic carbocycles. The fourth-order valence-corrected chi connectivity index (χ4v) is 4.08. The molecule has 5 nitrogen and oxygen atoms in total. The van der Waals surface area contributed by atoms with Gasteiger partial charge in [-0.1, -0.05) is 0 Å². The number of aryl methyl sites for hydroxylation is 1. The number of fused-ring (bicyclic) bond motifs is 1. The summed E-state index contributed by atoms with van der Waals surface area (Å²) in [5.41, 5.74) is 9.00. The van der Waals surface area contributed by atoms with Crippen LogP contribution in [0, 0.1) is 6.92 Å². The van der Waals surface area contributed by atoms with Gasteiger partial charge in [0.05, 0.1) is 0 Å². The van der Waals surface area contributed by atoms with Gasteiger partial charge in [-0.05, 0) is 0 Å². The summed E-state index contributed by atoms with van der Waals surface area (Å²) in [4.78, 5) is 14.0. The van der Waals surface area contributed by atoms with E-state index in [9.17, 15) is 0 Å². The first-order valence-electron chi connectivity index (χ1n) is 8.05. The number of H-pyrrole nitrogens is 1. The van der Waals surface area contributed by atoms with Crippen molar-refractivity contribution in [2.45, 2.75) is 24.2 Å². The first kappa shape index (κ1) is 17.8. The van der Waals surface area contributed by atoms with E-state index >= 15 is 0 Å². The third-order valence-electron chi connectivity index (χ3n) is 3.92. The molecule has 1 fully saturated rings. The van der Waals surface area contributed by atoms with E-state index in [0.29, 0.717) is 17.0 Å². The summed E-state index contributed by atoms with van der Waals surface area (Å²) in [6, 6.07) is 0. The molecule has 3 heterocycles. The first-order chi connectivity index (χ1) is 11.6. The molecule has 1 atom stereocenters. The maximum absolute atomic E-state index is 5.73. The molecule has 1 aliphatic heterocycles. The Hall–Kier alpha value is -1.06. The third-order valence-corrected chi connectivity index (χ3v) is 6.55.